The van der Waals surface area contributed by atoms with Crippen molar-refractivity contribution in [2.24, 2.45) is 11.8 Å². The van der Waals surface area contributed by atoms with Crippen LogP contribution in [0.4, 0.5) is 0 Å². The van der Waals surface area contributed by atoms with E-state index in [1.54, 1.807) is 4.90 Å². The Morgan fingerprint density at radius 3 is 2.94 bits per heavy atom. The van der Waals surface area contributed by atoms with Crippen LogP contribution in [0.25, 0.3) is 0 Å². The molecule has 4 heterocycles. The molecule has 0 aliphatic carbocycles. The molecule has 1 amide bonds. The van der Waals surface area contributed by atoms with Crippen LogP contribution in [-0.2, 0) is 9.53 Å². The minimum atomic E-state index is -1.41. The number of rotatable bonds is 1. The second kappa shape index (κ2) is 3.38. The van der Waals surface area contributed by atoms with E-state index in [9.17, 15) is 4.79 Å². The van der Waals surface area contributed by atoms with Crippen molar-refractivity contribution in [3.8, 4) is 0 Å². The fraction of sp³-hybridized carbons (Fsp3) is 0.750. The highest BCUT2D eigenvalue weighted by atomic mass is 35.5. The lowest BCUT2D eigenvalue weighted by Crippen LogP contribution is -2.47. The Bertz CT molecular complexity index is 466. The molecule has 3 nitrogen and oxygen atoms in total. The predicted octanol–water partition coefficient (Wildman–Crippen LogP) is 1.95. The summed E-state index contributed by atoms with van der Waals surface area (Å²) in [4.78, 5) is 14.1. The number of carbonyl (C=O) groups is 1. The number of fused-ring (bicyclic) bond motifs is 2. The van der Waals surface area contributed by atoms with E-state index in [4.69, 9.17) is 39.5 Å². The average Bonchev–Trinajstić information content (AvgIpc) is 3.00. The SMILES string of the molecule is O=C1N2C[C@H]3C[C@@H]4C=C[C@]3(O4)[C@H]2[C@H](CCl)C1(Cl)Cl. The zero-order valence-corrected chi connectivity index (χ0v) is 11.8. The van der Waals surface area contributed by atoms with Gasteiger partial charge in [0, 0.05) is 24.3 Å². The number of alkyl halides is 3. The van der Waals surface area contributed by atoms with Gasteiger partial charge in [0.1, 0.15) is 5.60 Å². The van der Waals surface area contributed by atoms with Gasteiger partial charge in [0.15, 0.2) is 0 Å². The molecular weight excluding hydrogens is 296 g/mol. The average molecular weight is 309 g/mol. The minimum Gasteiger partial charge on any atom is -0.361 e. The van der Waals surface area contributed by atoms with Crippen molar-refractivity contribution in [2.75, 3.05) is 12.4 Å². The molecule has 0 aromatic carbocycles. The molecule has 0 unspecified atom stereocenters. The summed E-state index contributed by atoms with van der Waals surface area (Å²) in [5.74, 6) is 0.111. The monoisotopic (exact) mass is 307 g/mol. The van der Waals surface area contributed by atoms with Crippen molar-refractivity contribution in [3.63, 3.8) is 0 Å². The number of hydrogen-bond donors (Lipinski definition) is 0. The number of amides is 1. The van der Waals surface area contributed by atoms with Gasteiger partial charge in [0.05, 0.1) is 12.1 Å². The van der Waals surface area contributed by atoms with Gasteiger partial charge in [0.2, 0.25) is 4.33 Å². The van der Waals surface area contributed by atoms with E-state index in [2.05, 4.69) is 12.2 Å². The third kappa shape index (κ3) is 1.12. The first-order valence-electron chi connectivity index (χ1n) is 6.12. The lowest BCUT2D eigenvalue weighted by molar-refractivity contribution is -0.129. The molecule has 5 atom stereocenters. The van der Waals surface area contributed by atoms with Crippen LogP contribution in [0.2, 0.25) is 0 Å². The highest BCUT2D eigenvalue weighted by Crippen LogP contribution is 2.59. The Balaban J connectivity index is 1.83. The number of halogens is 3. The zero-order chi connectivity index (χ0) is 12.7. The molecule has 6 heteroatoms. The van der Waals surface area contributed by atoms with E-state index >= 15 is 0 Å². The Kier molecular flexibility index (Phi) is 2.22. The van der Waals surface area contributed by atoms with Crippen molar-refractivity contribution >= 4 is 40.7 Å². The topological polar surface area (TPSA) is 29.5 Å². The third-order valence-electron chi connectivity index (χ3n) is 4.86. The molecule has 0 aromatic rings. The summed E-state index contributed by atoms with van der Waals surface area (Å²) in [7, 11) is 0. The second-order valence-corrected chi connectivity index (χ2v) is 7.28. The van der Waals surface area contributed by atoms with Crippen molar-refractivity contribution in [1.82, 2.24) is 4.90 Å². The number of nitrogens with zero attached hydrogens (tertiary/aromatic N) is 1. The number of hydrogen-bond acceptors (Lipinski definition) is 2. The maximum atomic E-state index is 12.3. The molecule has 3 fully saturated rings. The van der Waals surface area contributed by atoms with E-state index < -0.39 is 9.93 Å². The van der Waals surface area contributed by atoms with Gasteiger partial charge in [-0.25, -0.2) is 0 Å². The Labute approximate surface area is 120 Å². The van der Waals surface area contributed by atoms with Crippen LogP contribution in [0.1, 0.15) is 6.42 Å². The molecule has 2 bridgehead atoms. The molecule has 0 aromatic heterocycles. The summed E-state index contributed by atoms with van der Waals surface area (Å²) in [6, 6.07) is -0.119. The van der Waals surface area contributed by atoms with E-state index in [1.807, 2.05) is 0 Å². The molecule has 1 spiro atoms. The van der Waals surface area contributed by atoms with Crippen LogP contribution in [0.15, 0.2) is 12.2 Å². The second-order valence-electron chi connectivity index (χ2n) is 5.59. The fourth-order valence-electron chi connectivity index (χ4n) is 4.11. The van der Waals surface area contributed by atoms with Crippen LogP contribution >= 0.6 is 34.8 Å². The van der Waals surface area contributed by atoms with Crippen LogP contribution in [-0.4, -0.2) is 45.3 Å². The lowest BCUT2D eigenvalue weighted by Gasteiger charge is -2.33. The smallest absolute Gasteiger partial charge is 0.259 e. The molecule has 4 aliphatic rings. The third-order valence-corrected chi connectivity index (χ3v) is 6.07. The maximum Gasteiger partial charge on any atom is 0.259 e. The summed E-state index contributed by atoms with van der Waals surface area (Å²) in [5.41, 5.74) is -0.397. The largest absolute Gasteiger partial charge is 0.361 e. The zero-order valence-electron chi connectivity index (χ0n) is 9.48. The van der Waals surface area contributed by atoms with E-state index in [1.165, 1.54) is 0 Å². The van der Waals surface area contributed by atoms with E-state index in [-0.39, 0.29) is 29.9 Å². The quantitative estimate of drug-likeness (QED) is 0.547. The summed E-state index contributed by atoms with van der Waals surface area (Å²) in [6.45, 7) is 0.679. The van der Waals surface area contributed by atoms with Crippen LogP contribution in [0.5, 0.6) is 0 Å². The summed E-state index contributed by atoms with van der Waals surface area (Å²) >= 11 is 18.5. The highest BCUT2D eigenvalue weighted by Gasteiger charge is 2.72. The van der Waals surface area contributed by atoms with Gasteiger partial charge < -0.3 is 9.64 Å². The van der Waals surface area contributed by atoms with Crippen LogP contribution in [0.3, 0.4) is 0 Å². The number of carbonyl (C=O) groups excluding carboxylic acids is 1. The van der Waals surface area contributed by atoms with E-state index in [0.717, 1.165) is 6.42 Å². The Morgan fingerprint density at radius 1 is 1.50 bits per heavy atom. The summed E-state index contributed by atoms with van der Waals surface area (Å²) in [5, 5.41) is 0. The summed E-state index contributed by atoms with van der Waals surface area (Å²) in [6.07, 6.45) is 5.34. The van der Waals surface area contributed by atoms with Gasteiger partial charge in [-0.15, -0.1) is 11.6 Å². The maximum absolute atomic E-state index is 12.3. The van der Waals surface area contributed by atoms with Crippen molar-refractivity contribution in [2.45, 2.75) is 28.5 Å². The minimum absolute atomic E-state index is 0.119. The van der Waals surface area contributed by atoms with Crippen LogP contribution < -0.4 is 0 Å². The van der Waals surface area contributed by atoms with Gasteiger partial charge >= 0.3 is 0 Å². The molecule has 4 aliphatic heterocycles. The first-order valence-corrected chi connectivity index (χ1v) is 7.42. The predicted molar refractivity (Wildman–Crippen MR) is 69.0 cm³/mol. The summed E-state index contributed by atoms with van der Waals surface area (Å²) < 4.78 is 4.68. The van der Waals surface area contributed by atoms with Crippen molar-refractivity contribution in [1.29, 1.82) is 0 Å². The van der Waals surface area contributed by atoms with Crippen LogP contribution in [0, 0.1) is 11.8 Å². The molecule has 98 valence electrons. The number of ether oxygens (including phenoxy) is 1. The van der Waals surface area contributed by atoms with Gasteiger partial charge in [-0.2, -0.15) is 0 Å². The van der Waals surface area contributed by atoms with E-state index in [0.29, 0.717) is 12.5 Å². The Hall–Kier alpha value is 0.0400. The molecule has 3 saturated heterocycles. The molecule has 4 rings (SSSR count). The van der Waals surface area contributed by atoms with Gasteiger partial charge in [0.25, 0.3) is 5.91 Å². The standard InChI is InChI=1S/C12H12Cl3NO2/c13-4-8-9-11-2-1-7(18-11)3-6(11)5-16(9)10(17)12(8,14)15/h1-2,6-9H,3-5H2/t6-,7+,8+,9-,11-/m1/s1. The molecule has 0 saturated carbocycles. The van der Waals surface area contributed by atoms with Gasteiger partial charge in [-0.1, -0.05) is 35.4 Å². The first kappa shape index (κ1) is 11.8. The fourth-order valence-corrected chi connectivity index (χ4v) is 5.28. The first-order chi connectivity index (χ1) is 8.50. The molecular formula is C12H12Cl3NO2. The lowest BCUT2D eigenvalue weighted by atomic mass is 9.77. The van der Waals surface area contributed by atoms with Crippen molar-refractivity contribution < 1.29 is 9.53 Å². The normalized spacial score (nSPS) is 51.1. The Morgan fingerprint density at radius 2 is 2.28 bits per heavy atom. The highest BCUT2D eigenvalue weighted by molar-refractivity contribution is 6.59. The molecule has 18 heavy (non-hydrogen) atoms. The molecule has 0 radical (unpaired) electrons. The molecule has 0 N–H and O–H groups in total. The van der Waals surface area contributed by atoms with Crippen molar-refractivity contribution in [3.05, 3.63) is 12.2 Å². The van der Waals surface area contributed by atoms with Gasteiger partial charge in [-0.05, 0) is 6.42 Å². The van der Waals surface area contributed by atoms with Gasteiger partial charge in [-0.3, -0.25) is 4.79 Å².